The van der Waals surface area contributed by atoms with Gasteiger partial charge in [-0.25, -0.2) is 0 Å². The molecule has 6 heteroatoms. The Bertz CT molecular complexity index is 904. The topological polar surface area (TPSA) is 61.9 Å². The largest absolute Gasteiger partial charge is 0.484 e. The standard InChI is InChI=1S/C25H31N3O3/c1-19-4-2-5-20(16-19)17-27-14-11-21(12-15-27)26-24(29)18-31-23-9-7-22(8-10-23)28-13-3-6-25(28)30/h2,4-5,7-10,16,21H,3,6,11-15,17-18H2,1H3,(H,26,29). The fourth-order valence-electron chi connectivity index (χ4n) is 4.37. The van der Waals surface area contributed by atoms with Gasteiger partial charge < -0.3 is 15.0 Å². The van der Waals surface area contributed by atoms with E-state index in [4.69, 9.17) is 4.74 Å². The van der Waals surface area contributed by atoms with E-state index in [1.165, 1.54) is 11.1 Å². The molecule has 2 aliphatic heterocycles. The molecule has 0 spiro atoms. The molecule has 1 N–H and O–H groups in total. The zero-order valence-electron chi connectivity index (χ0n) is 18.2. The summed E-state index contributed by atoms with van der Waals surface area (Å²) in [5, 5.41) is 3.10. The summed E-state index contributed by atoms with van der Waals surface area (Å²) < 4.78 is 5.64. The Morgan fingerprint density at radius 2 is 1.87 bits per heavy atom. The molecule has 2 aliphatic rings. The van der Waals surface area contributed by atoms with E-state index in [1.807, 2.05) is 24.3 Å². The molecule has 2 fully saturated rings. The van der Waals surface area contributed by atoms with E-state index in [0.29, 0.717) is 12.2 Å². The number of carbonyl (C=O) groups is 2. The van der Waals surface area contributed by atoms with Crippen molar-refractivity contribution in [2.75, 3.05) is 31.1 Å². The lowest BCUT2D eigenvalue weighted by molar-refractivity contribution is -0.124. The minimum atomic E-state index is -0.0871. The molecule has 0 radical (unpaired) electrons. The van der Waals surface area contributed by atoms with Crippen LogP contribution in [-0.4, -0.2) is 49.0 Å². The molecule has 4 rings (SSSR count). The van der Waals surface area contributed by atoms with Crippen LogP contribution in [-0.2, 0) is 16.1 Å². The van der Waals surface area contributed by atoms with Crippen LogP contribution in [0.1, 0.15) is 36.8 Å². The molecule has 0 saturated carbocycles. The predicted molar refractivity (Wildman–Crippen MR) is 121 cm³/mol. The van der Waals surface area contributed by atoms with Crippen LogP contribution in [0.2, 0.25) is 0 Å². The molecule has 2 saturated heterocycles. The van der Waals surface area contributed by atoms with Gasteiger partial charge in [0.25, 0.3) is 5.91 Å². The minimum absolute atomic E-state index is 0.00545. The van der Waals surface area contributed by atoms with E-state index in [-0.39, 0.29) is 24.5 Å². The predicted octanol–water partition coefficient (Wildman–Crippen LogP) is 3.28. The number of nitrogens with one attached hydrogen (secondary N) is 1. The van der Waals surface area contributed by atoms with Crippen molar-refractivity contribution in [3.63, 3.8) is 0 Å². The number of rotatable bonds is 7. The lowest BCUT2D eigenvalue weighted by Gasteiger charge is -2.32. The normalized spacial score (nSPS) is 17.7. The number of piperidine rings is 1. The number of nitrogens with zero attached hydrogens (tertiary/aromatic N) is 2. The highest BCUT2D eigenvalue weighted by Gasteiger charge is 2.22. The molecule has 2 amide bonds. The highest BCUT2D eigenvalue weighted by atomic mass is 16.5. The van der Waals surface area contributed by atoms with Gasteiger partial charge >= 0.3 is 0 Å². The third-order valence-electron chi connectivity index (χ3n) is 6.03. The van der Waals surface area contributed by atoms with Crippen molar-refractivity contribution in [3.05, 3.63) is 59.7 Å². The molecule has 164 valence electrons. The maximum Gasteiger partial charge on any atom is 0.258 e. The average Bonchev–Trinajstić information content (AvgIpc) is 3.20. The van der Waals surface area contributed by atoms with Crippen molar-refractivity contribution < 1.29 is 14.3 Å². The molecule has 0 bridgehead atoms. The minimum Gasteiger partial charge on any atom is -0.484 e. The Hall–Kier alpha value is -2.86. The molecule has 2 aromatic rings. The summed E-state index contributed by atoms with van der Waals surface area (Å²) in [6.07, 6.45) is 3.43. The number of benzene rings is 2. The fourth-order valence-corrected chi connectivity index (χ4v) is 4.37. The second kappa shape index (κ2) is 9.96. The third kappa shape index (κ3) is 5.85. The van der Waals surface area contributed by atoms with Crippen LogP contribution in [0.3, 0.4) is 0 Å². The van der Waals surface area contributed by atoms with Crippen molar-refractivity contribution in [1.82, 2.24) is 10.2 Å². The van der Waals surface area contributed by atoms with Crippen molar-refractivity contribution in [1.29, 1.82) is 0 Å². The second-order valence-corrected chi connectivity index (χ2v) is 8.54. The Morgan fingerprint density at radius 1 is 1.10 bits per heavy atom. The maximum absolute atomic E-state index is 12.3. The highest BCUT2D eigenvalue weighted by Crippen LogP contribution is 2.24. The lowest BCUT2D eigenvalue weighted by Crippen LogP contribution is -2.45. The molecular weight excluding hydrogens is 390 g/mol. The van der Waals surface area contributed by atoms with Gasteiger partial charge in [-0.2, -0.15) is 0 Å². The van der Waals surface area contributed by atoms with Gasteiger partial charge in [-0.3, -0.25) is 14.5 Å². The lowest BCUT2D eigenvalue weighted by atomic mass is 10.0. The van der Waals surface area contributed by atoms with E-state index in [0.717, 1.165) is 51.1 Å². The molecule has 2 aromatic carbocycles. The molecular formula is C25H31N3O3. The van der Waals surface area contributed by atoms with Gasteiger partial charge in [-0.15, -0.1) is 0 Å². The maximum atomic E-state index is 12.3. The Morgan fingerprint density at radius 3 is 2.55 bits per heavy atom. The van der Waals surface area contributed by atoms with Gasteiger partial charge in [0.2, 0.25) is 5.91 Å². The molecule has 0 aromatic heterocycles. The van der Waals surface area contributed by atoms with Crippen LogP contribution in [0.15, 0.2) is 48.5 Å². The number of amides is 2. The van der Waals surface area contributed by atoms with Crippen LogP contribution in [0.4, 0.5) is 5.69 Å². The van der Waals surface area contributed by atoms with Crippen molar-refractivity contribution in [3.8, 4) is 5.75 Å². The number of anilines is 1. The summed E-state index contributed by atoms with van der Waals surface area (Å²) in [6.45, 7) is 5.82. The number of carbonyl (C=O) groups excluding carboxylic acids is 2. The van der Waals surface area contributed by atoms with Gasteiger partial charge in [-0.05, 0) is 56.0 Å². The number of hydrogen-bond donors (Lipinski definition) is 1. The second-order valence-electron chi connectivity index (χ2n) is 8.54. The summed E-state index contributed by atoms with van der Waals surface area (Å²) in [6, 6.07) is 16.2. The molecule has 0 atom stereocenters. The molecule has 6 nitrogen and oxygen atoms in total. The molecule has 0 aliphatic carbocycles. The summed E-state index contributed by atoms with van der Waals surface area (Å²) in [5.41, 5.74) is 3.52. The monoisotopic (exact) mass is 421 g/mol. The first-order chi connectivity index (χ1) is 15.1. The van der Waals surface area contributed by atoms with Crippen LogP contribution in [0.25, 0.3) is 0 Å². The Balaban J connectivity index is 1.17. The fraction of sp³-hybridized carbons (Fsp3) is 0.440. The van der Waals surface area contributed by atoms with Gasteiger partial charge in [-0.1, -0.05) is 29.8 Å². The third-order valence-corrected chi connectivity index (χ3v) is 6.03. The van der Waals surface area contributed by atoms with E-state index < -0.39 is 0 Å². The Kier molecular flexibility index (Phi) is 6.87. The number of hydrogen-bond acceptors (Lipinski definition) is 4. The van der Waals surface area contributed by atoms with Crippen molar-refractivity contribution in [2.24, 2.45) is 0 Å². The van der Waals surface area contributed by atoms with Crippen LogP contribution < -0.4 is 15.0 Å². The van der Waals surface area contributed by atoms with Gasteiger partial charge in [0.15, 0.2) is 6.61 Å². The summed E-state index contributed by atoms with van der Waals surface area (Å²) in [7, 11) is 0. The van der Waals surface area contributed by atoms with Gasteiger partial charge in [0, 0.05) is 44.3 Å². The van der Waals surface area contributed by atoms with Gasteiger partial charge in [0.1, 0.15) is 5.75 Å². The van der Waals surface area contributed by atoms with Crippen molar-refractivity contribution >= 4 is 17.5 Å². The van der Waals surface area contributed by atoms with E-state index in [2.05, 4.69) is 41.4 Å². The van der Waals surface area contributed by atoms with E-state index in [9.17, 15) is 9.59 Å². The van der Waals surface area contributed by atoms with Gasteiger partial charge in [0.05, 0.1) is 0 Å². The van der Waals surface area contributed by atoms with Crippen LogP contribution >= 0.6 is 0 Å². The summed E-state index contributed by atoms with van der Waals surface area (Å²) >= 11 is 0. The SMILES string of the molecule is Cc1cccc(CN2CCC(NC(=O)COc3ccc(N4CCCC4=O)cc3)CC2)c1. The zero-order valence-corrected chi connectivity index (χ0v) is 18.2. The van der Waals surface area contributed by atoms with Crippen LogP contribution in [0.5, 0.6) is 5.75 Å². The quantitative estimate of drug-likeness (QED) is 0.745. The summed E-state index contributed by atoms with van der Waals surface area (Å²) in [4.78, 5) is 28.4. The average molecular weight is 422 g/mol. The van der Waals surface area contributed by atoms with Crippen LogP contribution in [0, 0.1) is 6.92 Å². The van der Waals surface area contributed by atoms with E-state index in [1.54, 1.807) is 4.90 Å². The molecule has 0 unspecified atom stereocenters. The first-order valence-corrected chi connectivity index (χ1v) is 11.2. The molecule has 2 heterocycles. The number of aryl methyl sites for hydroxylation is 1. The van der Waals surface area contributed by atoms with Crippen molar-refractivity contribution in [2.45, 2.75) is 45.2 Å². The summed E-state index contributed by atoms with van der Waals surface area (Å²) in [5.74, 6) is 0.715. The first-order valence-electron chi connectivity index (χ1n) is 11.2. The molecule has 31 heavy (non-hydrogen) atoms. The smallest absolute Gasteiger partial charge is 0.258 e. The Labute approximate surface area is 184 Å². The first kappa shape index (κ1) is 21.4. The highest BCUT2D eigenvalue weighted by molar-refractivity contribution is 5.95. The zero-order chi connectivity index (χ0) is 21.6. The van der Waals surface area contributed by atoms with E-state index >= 15 is 0 Å². The number of ether oxygens (including phenoxy) is 1. The number of likely N-dealkylation sites (tertiary alicyclic amines) is 1.